The molecule has 9 unspecified atom stereocenters. The average molecular weight is 1200 g/mol. The molecule has 0 aromatic heterocycles. The summed E-state index contributed by atoms with van der Waals surface area (Å²) in [6.07, 6.45) is -0.158. The van der Waals surface area contributed by atoms with Crippen LogP contribution >= 0.6 is 0 Å². The minimum absolute atomic E-state index is 0.0167. The third-order valence-corrected chi connectivity index (χ3v) is 13.8. The molecule has 0 saturated carbocycles. The number of aliphatic carboxylic acids is 1. The van der Waals surface area contributed by atoms with E-state index in [9.17, 15) is 82.4 Å². The van der Waals surface area contributed by atoms with Gasteiger partial charge in [0.1, 0.15) is 48.3 Å². The highest BCUT2D eigenvalue weighted by Crippen LogP contribution is 2.34. The Balaban J connectivity index is 1.74. The van der Waals surface area contributed by atoms with Crippen LogP contribution < -0.4 is 75.3 Å². The largest absolute Gasteiger partial charge is 0.481 e. The number of carbonyl (C=O) groups excluding carboxylic acids is 13. The van der Waals surface area contributed by atoms with Crippen LogP contribution in [-0.2, 0) is 67.1 Å². The van der Waals surface area contributed by atoms with Crippen molar-refractivity contribution in [3.05, 3.63) is 29.8 Å². The molecule has 2 heterocycles. The first-order chi connectivity index (χ1) is 40.3. The van der Waals surface area contributed by atoms with Crippen LogP contribution in [0.5, 0.6) is 0 Å². The van der Waals surface area contributed by atoms with E-state index in [1.165, 1.54) is 7.05 Å². The molecule has 0 aliphatic carbocycles. The minimum atomic E-state index is -1.64. The number of amides is 13. The van der Waals surface area contributed by atoms with Crippen molar-refractivity contribution in [1.29, 1.82) is 0 Å². The van der Waals surface area contributed by atoms with Gasteiger partial charge in [0.05, 0.1) is 32.8 Å². The highest BCUT2D eigenvalue weighted by molar-refractivity contribution is 5.99. The number of carboxylic acids is 1. The molecule has 1 saturated heterocycles. The van der Waals surface area contributed by atoms with Gasteiger partial charge in [0.2, 0.25) is 76.8 Å². The monoisotopic (exact) mass is 1200 g/mol. The second-order valence-electron chi connectivity index (χ2n) is 20.8. The fourth-order valence-corrected chi connectivity index (χ4v) is 9.33. The van der Waals surface area contributed by atoms with Gasteiger partial charge < -0.3 is 95.5 Å². The number of carbonyl (C=O) groups is 14. The number of aliphatic hydroxyl groups is 2. The highest BCUT2D eigenvalue weighted by Gasteiger charge is 2.40. The van der Waals surface area contributed by atoms with Gasteiger partial charge in [0.15, 0.2) is 0 Å². The van der Waals surface area contributed by atoms with E-state index < -0.39 is 183 Å². The van der Waals surface area contributed by atoms with Gasteiger partial charge in [-0.2, -0.15) is 0 Å². The lowest BCUT2D eigenvalue weighted by Gasteiger charge is -2.34. The Morgan fingerprint density at radius 3 is 1.80 bits per heavy atom. The number of rotatable bonds is 36. The fraction of sp³-hybridized carbons (Fsp3) is 0.623. The molecule has 2 aliphatic heterocycles. The van der Waals surface area contributed by atoms with Gasteiger partial charge in [-0.3, -0.25) is 67.1 Å². The Kier molecular flexibility index (Phi) is 30.2. The van der Waals surface area contributed by atoms with E-state index in [1.54, 1.807) is 38.1 Å². The summed E-state index contributed by atoms with van der Waals surface area (Å²) in [5.41, 5.74) is 12.5. The summed E-state index contributed by atoms with van der Waals surface area (Å²) in [6, 6.07) is -4.27. The number of aliphatic hydroxyl groups excluding tert-OH is 2. The van der Waals surface area contributed by atoms with Crippen LogP contribution in [-0.4, -0.2) is 211 Å². The number of primary amides is 1. The van der Waals surface area contributed by atoms with Crippen molar-refractivity contribution in [3.8, 4) is 0 Å². The number of likely N-dealkylation sites (N-methyl/N-ethyl adjacent to an activating group) is 1. The molecule has 32 heteroatoms. The molecule has 0 spiro atoms. The third kappa shape index (κ3) is 23.9. The summed E-state index contributed by atoms with van der Waals surface area (Å²) in [5.74, 6) is -13.1. The molecular formula is C53H83N15O17. The van der Waals surface area contributed by atoms with Gasteiger partial charge in [-0.15, -0.1) is 0 Å². The zero-order valence-corrected chi connectivity index (χ0v) is 48.2. The SMILES string of the molecule is CNC(=O)CNC(=O)C(CO)NC(=O)C(CO)NC(=O)C1CCCN1C(=O)CNC(=O)CNC(=O)C(CCC(N)=O)NC(=O)C(CCCCN)NC(=O)C(CC(C)C)NC(=O)C(NC(=O)C(CCC(=O)O)NC(C)=O)C1CCNc2ccccc21. The molecule has 0 radical (unpaired) electrons. The lowest BCUT2D eigenvalue weighted by molar-refractivity contribution is -0.140. The van der Waals surface area contributed by atoms with E-state index in [2.05, 4.69) is 63.8 Å². The smallest absolute Gasteiger partial charge is 0.303 e. The van der Waals surface area contributed by atoms with Gasteiger partial charge in [0.25, 0.3) is 0 Å². The van der Waals surface area contributed by atoms with Crippen molar-refractivity contribution >= 4 is 88.5 Å². The Bertz CT molecular complexity index is 2550. The standard InChI is InChI=1S/C53H83N15O17/c1-28(2)22-36(64-53(85)45(31-18-20-57-32-11-6-5-10-30(31)32)67-49(81)35(61-29(3)71)15-17-44(76)77)50(82)62-33(12-7-8-19-54)48(80)63-34(14-16-40(55)72)46(78)60-24-42(74)58-25-43(75)68-21-9-13-39(68)52(84)66-38(27-70)51(83)65-37(26-69)47(79)59-23-41(73)56-4/h5-6,10-11,28,31,33-39,45,57,69-70H,7-9,12-27,54H2,1-4H3,(H2,55,72)(H,56,73)(H,58,74)(H,59,79)(H,60,78)(H,61,71)(H,62,82)(H,63,80)(H,64,85)(H,65,83)(H,66,84)(H,67,81)(H,76,77). The van der Waals surface area contributed by atoms with Crippen LogP contribution in [0.2, 0.25) is 0 Å². The van der Waals surface area contributed by atoms with E-state index in [4.69, 9.17) is 11.5 Å². The maximum atomic E-state index is 14.6. The molecule has 472 valence electrons. The number of anilines is 1. The molecule has 32 nitrogen and oxygen atoms in total. The van der Waals surface area contributed by atoms with Crippen LogP contribution in [0.25, 0.3) is 0 Å². The van der Waals surface area contributed by atoms with Crippen LogP contribution in [0.3, 0.4) is 0 Å². The van der Waals surface area contributed by atoms with Crippen LogP contribution in [0, 0.1) is 5.92 Å². The van der Waals surface area contributed by atoms with Crippen molar-refractivity contribution in [2.75, 3.05) is 64.8 Å². The number of carboxylic acid groups (broad SMARTS) is 1. The predicted molar refractivity (Wildman–Crippen MR) is 301 cm³/mol. The summed E-state index contributed by atoms with van der Waals surface area (Å²) in [5, 5.41) is 58.8. The number of hydrogen-bond acceptors (Lipinski definition) is 18. The van der Waals surface area contributed by atoms with Crippen molar-refractivity contribution in [3.63, 3.8) is 0 Å². The number of nitrogens with two attached hydrogens (primary N) is 2. The molecule has 1 aromatic carbocycles. The Morgan fingerprint density at radius 1 is 0.635 bits per heavy atom. The molecule has 13 amide bonds. The summed E-state index contributed by atoms with van der Waals surface area (Å²) >= 11 is 0. The van der Waals surface area contributed by atoms with Crippen LogP contribution in [0.15, 0.2) is 24.3 Å². The molecule has 1 aromatic rings. The summed E-state index contributed by atoms with van der Waals surface area (Å²) < 4.78 is 0. The van der Waals surface area contributed by atoms with E-state index in [1.807, 2.05) is 0 Å². The maximum absolute atomic E-state index is 14.6. The van der Waals surface area contributed by atoms with E-state index in [0.717, 1.165) is 11.8 Å². The van der Waals surface area contributed by atoms with E-state index in [-0.39, 0.29) is 57.5 Å². The first-order valence-corrected chi connectivity index (χ1v) is 28.0. The molecule has 1 fully saturated rings. The minimum Gasteiger partial charge on any atom is -0.481 e. The number of nitrogens with one attached hydrogen (secondary N) is 12. The number of para-hydroxylation sites is 1. The lowest BCUT2D eigenvalue weighted by atomic mass is 9.84. The second kappa shape index (κ2) is 36.2. The molecule has 9 atom stereocenters. The van der Waals surface area contributed by atoms with E-state index >= 15 is 0 Å². The number of nitrogens with zero attached hydrogens (tertiary/aromatic N) is 1. The number of benzene rings is 1. The van der Waals surface area contributed by atoms with E-state index in [0.29, 0.717) is 37.1 Å². The van der Waals surface area contributed by atoms with Crippen molar-refractivity contribution in [2.45, 2.75) is 146 Å². The van der Waals surface area contributed by atoms with Gasteiger partial charge in [-0.25, -0.2) is 0 Å². The zero-order chi connectivity index (χ0) is 63.3. The fourth-order valence-electron chi connectivity index (χ4n) is 9.33. The quantitative estimate of drug-likeness (QED) is 0.0278. The second-order valence-corrected chi connectivity index (χ2v) is 20.8. The summed E-state index contributed by atoms with van der Waals surface area (Å²) in [4.78, 5) is 184. The van der Waals surface area contributed by atoms with Crippen molar-refractivity contribution in [2.24, 2.45) is 17.4 Å². The maximum Gasteiger partial charge on any atom is 0.303 e. The lowest BCUT2D eigenvalue weighted by Crippen LogP contribution is -2.60. The van der Waals surface area contributed by atoms with Crippen molar-refractivity contribution in [1.82, 2.24) is 63.4 Å². The molecule has 0 bridgehead atoms. The van der Waals surface area contributed by atoms with Gasteiger partial charge in [0, 0.05) is 51.5 Å². The summed E-state index contributed by atoms with van der Waals surface area (Å²) in [7, 11) is 1.32. The average Bonchev–Trinajstić information content (AvgIpc) is 4.00. The highest BCUT2D eigenvalue weighted by atomic mass is 16.4. The normalized spacial score (nSPS) is 16.7. The topological polar surface area (TPSA) is 499 Å². The molecular weight excluding hydrogens is 1120 g/mol. The van der Waals surface area contributed by atoms with Gasteiger partial charge in [-0.05, 0) is 81.9 Å². The first-order valence-electron chi connectivity index (χ1n) is 28.0. The van der Waals surface area contributed by atoms with Gasteiger partial charge >= 0.3 is 5.97 Å². The number of hydrogen-bond donors (Lipinski definition) is 17. The van der Waals surface area contributed by atoms with Gasteiger partial charge in [-0.1, -0.05) is 32.0 Å². The first kappa shape index (κ1) is 70.7. The number of likely N-dealkylation sites (tertiary alicyclic amines) is 1. The van der Waals surface area contributed by atoms with Crippen molar-refractivity contribution < 1.29 is 82.4 Å². The van der Waals surface area contributed by atoms with Crippen LogP contribution in [0.1, 0.15) is 103 Å². The van der Waals surface area contributed by atoms with Crippen LogP contribution in [0.4, 0.5) is 5.69 Å². The Labute approximate surface area is 490 Å². The Hall–Kier alpha value is -8.52. The number of fused-ring (bicyclic) bond motifs is 1. The molecule has 85 heavy (non-hydrogen) atoms. The Morgan fingerprint density at radius 2 is 1.19 bits per heavy atom. The molecule has 19 N–H and O–H groups in total. The zero-order valence-electron chi connectivity index (χ0n) is 48.2. The third-order valence-electron chi connectivity index (χ3n) is 13.8. The number of unbranched alkanes of at least 4 members (excludes halogenated alkanes) is 1. The molecule has 2 aliphatic rings. The predicted octanol–water partition coefficient (Wildman–Crippen LogP) is -6.63. The summed E-state index contributed by atoms with van der Waals surface area (Å²) in [6.45, 7) is 1.58. The molecule has 3 rings (SSSR count).